The topological polar surface area (TPSA) is 32.9 Å². The van der Waals surface area contributed by atoms with Crippen LogP contribution in [0.5, 0.6) is 0 Å². The van der Waals surface area contributed by atoms with Crippen LogP contribution in [-0.2, 0) is 11.2 Å². The Labute approximate surface area is 114 Å². The van der Waals surface area contributed by atoms with Gasteiger partial charge in [-0.15, -0.1) is 0 Å². The van der Waals surface area contributed by atoms with Gasteiger partial charge < -0.3 is 4.98 Å². The van der Waals surface area contributed by atoms with E-state index in [2.05, 4.69) is 37.2 Å². The lowest BCUT2D eigenvalue weighted by atomic mass is 9.83. The van der Waals surface area contributed by atoms with E-state index in [1.807, 2.05) is 0 Å². The molecule has 0 radical (unpaired) electrons. The average molecular weight is 255 g/mol. The molecule has 1 aliphatic rings. The van der Waals surface area contributed by atoms with Crippen molar-refractivity contribution in [2.24, 2.45) is 5.92 Å². The van der Waals surface area contributed by atoms with Gasteiger partial charge in [0.25, 0.3) is 0 Å². The van der Waals surface area contributed by atoms with Crippen LogP contribution in [0.15, 0.2) is 18.3 Å². The number of rotatable bonds is 2. The van der Waals surface area contributed by atoms with Crippen molar-refractivity contribution in [2.75, 3.05) is 0 Å². The smallest absolute Gasteiger partial charge is 0.136 e. The SMILES string of the molecule is Cc1cc(C)c2c(CC3CCCCC3=O)c[nH]c2c1. The quantitative estimate of drug-likeness (QED) is 0.861. The Kier molecular flexibility index (Phi) is 3.17. The summed E-state index contributed by atoms with van der Waals surface area (Å²) in [6.07, 6.45) is 7.14. The number of nitrogens with one attached hydrogen (secondary N) is 1. The van der Waals surface area contributed by atoms with Crippen LogP contribution < -0.4 is 0 Å². The molecule has 1 heterocycles. The molecular weight excluding hydrogens is 234 g/mol. The minimum Gasteiger partial charge on any atom is -0.361 e. The number of benzene rings is 1. The predicted octanol–water partition coefficient (Wildman–Crippen LogP) is 4.09. The number of aromatic amines is 1. The molecule has 1 aromatic heterocycles. The van der Waals surface area contributed by atoms with Gasteiger partial charge in [-0.25, -0.2) is 0 Å². The van der Waals surface area contributed by atoms with Gasteiger partial charge in [0.1, 0.15) is 5.78 Å². The molecule has 1 N–H and O–H groups in total. The fourth-order valence-corrected chi connectivity index (χ4v) is 3.44. The molecule has 1 aliphatic carbocycles. The summed E-state index contributed by atoms with van der Waals surface area (Å²) in [5.41, 5.74) is 5.12. The van der Waals surface area contributed by atoms with E-state index in [4.69, 9.17) is 0 Å². The Morgan fingerprint density at radius 1 is 1.26 bits per heavy atom. The highest BCUT2D eigenvalue weighted by atomic mass is 16.1. The number of hydrogen-bond acceptors (Lipinski definition) is 1. The largest absolute Gasteiger partial charge is 0.361 e. The summed E-state index contributed by atoms with van der Waals surface area (Å²) < 4.78 is 0. The summed E-state index contributed by atoms with van der Waals surface area (Å²) in [5.74, 6) is 0.707. The fraction of sp³-hybridized carbons (Fsp3) is 0.471. The number of aromatic nitrogens is 1. The molecule has 3 rings (SSSR count). The number of ketones is 1. The number of carbonyl (C=O) groups excluding carboxylic acids is 1. The van der Waals surface area contributed by atoms with E-state index < -0.39 is 0 Å². The van der Waals surface area contributed by atoms with Gasteiger partial charge in [0.05, 0.1) is 0 Å². The first-order chi connectivity index (χ1) is 9.15. The van der Waals surface area contributed by atoms with Gasteiger partial charge >= 0.3 is 0 Å². The highest BCUT2D eigenvalue weighted by molar-refractivity contribution is 5.88. The van der Waals surface area contributed by atoms with Crippen LogP contribution in [0.4, 0.5) is 0 Å². The molecule has 1 unspecified atom stereocenters. The molecule has 0 aliphatic heterocycles. The average Bonchev–Trinajstić information content (AvgIpc) is 2.75. The Morgan fingerprint density at radius 2 is 2.11 bits per heavy atom. The first-order valence-electron chi connectivity index (χ1n) is 7.25. The molecule has 1 atom stereocenters. The summed E-state index contributed by atoms with van der Waals surface area (Å²) in [5, 5.41) is 1.32. The van der Waals surface area contributed by atoms with Crippen LogP contribution in [0.2, 0.25) is 0 Å². The first-order valence-corrected chi connectivity index (χ1v) is 7.25. The minimum absolute atomic E-state index is 0.244. The maximum absolute atomic E-state index is 12.0. The van der Waals surface area contributed by atoms with E-state index >= 15 is 0 Å². The Hall–Kier alpha value is -1.57. The lowest BCUT2D eigenvalue weighted by molar-refractivity contribution is -0.124. The van der Waals surface area contributed by atoms with Crippen molar-refractivity contribution in [1.82, 2.24) is 4.98 Å². The zero-order valence-electron chi connectivity index (χ0n) is 11.8. The molecule has 0 spiro atoms. The van der Waals surface area contributed by atoms with Gasteiger partial charge in [-0.2, -0.15) is 0 Å². The molecule has 2 heteroatoms. The van der Waals surface area contributed by atoms with Crippen LogP contribution >= 0.6 is 0 Å². The van der Waals surface area contributed by atoms with E-state index in [-0.39, 0.29) is 5.92 Å². The summed E-state index contributed by atoms with van der Waals surface area (Å²) >= 11 is 0. The second-order valence-electron chi connectivity index (χ2n) is 5.93. The van der Waals surface area contributed by atoms with E-state index in [9.17, 15) is 4.79 Å². The summed E-state index contributed by atoms with van der Waals surface area (Å²) in [6, 6.07) is 4.41. The van der Waals surface area contributed by atoms with Gasteiger partial charge in [0.2, 0.25) is 0 Å². The number of carbonyl (C=O) groups is 1. The second-order valence-corrected chi connectivity index (χ2v) is 5.93. The molecule has 0 saturated heterocycles. The van der Waals surface area contributed by atoms with Gasteiger partial charge in [0.15, 0.2) is 0 Å². The zero-order chi connectivity index (χ0) is 13.4. The molecule has 2 nitrogen and oxygen atoms in total. The Bertz CT molecular complexity index is 623. The Balaban J connectivity index is 1.95. The van der Waals surface area contributed by atoms with Gasteiger partial charge in [-0.3, -0.25) is 4.79 Å². The van der Waals surface area contributed by atoms with E-state index in [1.165, 1.54) is 34.0 Å². The van der Waals surface area contributed by atoms with Gasteiger partial charge in [-0.05, 0) is 55.9 Å². The fourth-order valence-electron chi connectivity index (χ4n) is 3.44. The van der Waals surface area contributed by atoms with Crippen molar-refractivity contribution < 1.29 is 4.79 Å². The lowest BCUT2D eigenvalue weighted by Gasteiger charge is -2.20. The van der Waals surface area contributed by atoms with Crippen molar-refractivity contribution >= 4 is 16.7 Å². The Morgan fingerprint density at radius 3 is 2.89 bits per heavy atom. The predicted molar refractivity (Wildman–Crippen MR) is 78.4 cm³/mol. The van der Waals surface area contributed by atoms with E-state index in [0.717, 1.165) is 25.7 Å². The molecule has 100 valence electrons. The number of fused-ring (bicyclic) bond motifs is 1. The third-order valence-electron chi connectivity index (χ3n) is 4.35. The molecule has 1 fully saturated rings. The highest BCUT2D eigenvalue weighted by Crippen LogP contribution is 2.29. The van der Waals surface area contributed by atoms with Crippen molar-refractivity contribution in [3.8, 4) is 0 Å². The van der Waals surface area contributed by atoms with Crippen molar-refractivity contribution in [2.45, 2.75) is 46.0 Å². The molecule has 1 saturated carbocycles. The van der Waals surface area contributed by atoms with E-state index in [1.54, 1.807) is 0 Å². The number of H-pyrrole nitrogens is 1. The summed E-state index contributed by atoms with van der Waals surface area (Å²) in [4.78, 5) is 15.3. The van der Waals surface area contributed by atoms with Crippen LogP contribution in [0, 0.1) is 19.8 Å². The molecule has 19 heavy (non-hydrogen) atoms. The van der Waals surface area contributed by atoms with Crippen LogP contribution in [0.3, 0.4) is 0 Å². The second kappa shape index (κ2) is 4.84. The number of aryl methyl sites for hydroxylation is 2. The van der Waals surface area contributed by atoms with Crippen molar-refractivity contribution in [3.63, 3.8) is 0 Å². The van der Waals surface area contributed by atoms with Gasteiger partial charge in [-0.1, -0.05) is 12.5 Å². The van der Waals surface area contributed by atoms with Crippen LogP contribution in [-0.4, -0.2) is 10.8 Å². The highest BCUT2D eigenvalue weighted by Gasteiger charge is 2.23. The summed E-state index contributed by atoms with van der Waals surface area (Å²) in [7, 11) is 0. The van der Waals surface area contributed by atoms with Crippen molar-refractivity contribution in [3.05, 3.63) is 35.0 Å². The third kappa shape index (κ3) is 2.32. The molecule has 2 aromatic rings. The van der Waals surface area contributed by atoms with Crippen LogP contribution in [0.25, 0.3) is 10.9 Å². The summed E-state index contributed by atoms with van der Waals surface area (Å²) in [6.45, 7) is 4.28. The monoisotopic (exact) mass is 255 g/mol. The van der Waals surface area contributed by atoms with Crippen LogP contribution in [0.1, 0.15) is 42.4 Å². The first kappa shape index (κ1) is 12.5. The maximum atomic E-state index is 12.0. The number of Topliss-reactive ketones (excluding diaryl/α,β-unsaturated/α-hetero) is 1. The zero-order valence-corrected chi connectivity index (χ0v) is 11.8. The lowest BCUT2D eigenvalue weighted by Crippen LogP contribution is -2.20. The third-order valence-corrected chi connectivity index (χ3v) is 4.35. The standard InChI is InChI=1S/C17H21NO/c1-11-7-12(2)17-14(10-18-15(17)8-11)9-13-5-3-4-6-16(13)19/h7-8,10,13,18H,3-6,9H2,1-2H3. The minimum atomic E-state index is 0.244. The van der Waals surface area contributed by atoms with E-state index in [0.29, 0.717) is 5.78 Å². The molecule has 1 aromatic carbocycles. The molecule has 0 amide bonds. The maximum Gasteiger partial charge on any atom is 0.136 e. The normalized spacial score (nSPS) is 20.1. The molecule has 0 bridgehead atoms. The van der Waals surface area contributed by atoms with Crippen molar-refractivity contribution in [1.29, 1.82) is 0 Å². The molecular formula is C17H21NO. The number of hydrogen-bond donors (Lipinski definition) is 1. The van der Waals surface area contributed by atoms with Gasteiger partial charge in [0, 0.05) is 29.4 Å².